The summed E-state index contributed by atoms with van der Waals surface area (Å²) in [4.78, 5) is 11.1. The van der Waals surface area contributed by atoms with Crippen molar-refractivity contribution >= 4 is 5.95 Å². The molecule has 3 rings (SSSR count). The quantitative estimate of drug-likeness (QED) is 0.945. The van der Waals surface area contributed by atoms with E-state index < -0.39 is 0 Å². The van der Waals surface area contributed by atoms with Crippen LogP contribution in [0.4, 0.5) is 10.3 Å². The van der Waals surface area contributed by atoms with Crippen LogP contribution in [0.5, 0.6) is 0 Å². The molecule has 0 unspecified atom stereocenters. The van der Waals surface area contributed by atoms with Crippen molar-refractivity contribution in [3.63, 3.8) is 0 Å². The van der Waals surface area contributed by atoms with Crippen molar-refractivity contribution in [2.45, 2.75) is 25.3 Å². The van der Waals surface area contributed by atoms with Crippen molar-refractivity contribution < 1.29 is 4.39 Å². The Bertz CT molecular complexity index is 634. The zero-order valence-corrected chi connectivity index (χ0v) is 13.0. The summed E-state index contributed by atoms with van der Waals surface area (Å²) in [5.74, 6) is 0.472. The molecule has 0 amide bonds. The summed E-state index contributed by atoms with van der Waals surface area (Å²) < 4.78 is 13.2. The average molecular weight is 300 g/mol. The van der Waals surface area contributed by atoms with Crippen LogP contribution in [0, 0.1) is 5.82 Å². The molecule has 5 heteroatoms. The Balaban J connectivity index is 2.05. The Morgan fingerprint density at radius 2 is 1.95 bits per heavy atom. The Hall–Kier alpha value is -2.01. The van der Waals surface area contributed by atoms with E-state index in [4.69, 9.17) is 4.98 Å². The second kappa shape index (κ2) is 6.40. The smallest absolute Gasteiger partial charge is 0.225 e. The molecule has 1 fully saturated rings. The van der Waals surface area contributed by atoms with Crippen LogP contribution in [-0.2, 0) is 0 Å². The van der Waals surface area contributed by atoms with Gasteiger partial charge in [0.05, 0.1) is 11.7 Å². The minimum atomic E-state index is -0.230. The van der Waals surface area contributed by atoms with Gasteiger partial charge in [-0.1, -0.05) is 18.6 Å². The van der Waals surface area contributed by atoms with Crippen molar-refractivity contribution in [2.24, 2.45) is 0 Å². The van der Waals surface area contributed by atoms with Gasteiger partial charge >= 0.3 is 0 Å². The van der Waals surface area contributed by atoms with Crippen molar-refractivity contribution in [3.05, 3.63) is 42.0 Å². The molecule has 0 saturated carbocycles. The highest BCUT2D eigenvalue weighted by Gasteiger charge is 2.21. The number of nitrogens with one attached hydrogen (secondary N) is 1. The van der Waals surface area contributed by atoms with E-state index in [1.165, 1.54) is 25.0 Å². The first-order valence-corrected chi connectivity index (χ1v) is 7.69. The summed E-state index contributed by atoms with van der Waals surface area (Å²) in [6, 6.07) is 6.77. The molecule has 22 heavy (non-hydrogen) atoms. The zero-order chi connectivity index (χ0) is 15.5. The first kappa shape index (κ1) is 14.9. The lowest BCUT2D eigenvalue weighted by Crippen LogP contribution is -2.28. The monoisotopic (exact) mass is 300 g/mol. The third-order valence-electron chi connectivity index (χ3n) is 4.00. The number of nitrogens with zero attached hydrogens (tertiary/aromatic N) is 3. The minimum Gasteiger partial charge on any atom is -0.347 e. The van der Waals surface area contributed by atoms with Gasteiger partial charge in [-0.3, -0.25) is 0 Å². The summed E-state index contributed by atoms with van der Waals surface area (Å²) in [5, 5.41) is 3.54. The van der Waals surface area contributed by atoms with E-state index in [0.717, 1.165) is 29.8 Å². The van der Waals surface area contributed by atoms with Gasteiger partial charge in [-0.15, -0.1) is 0 Å². The number of aromatic nitrogens is 2. The maximum atomic E-state index is 13.2. The van der Waals surface area contributed by atoms with Crippen LogP contribution in [0.3, 0.4) is 0 Å². The molecule has 1 atom stereocenters. The van der Waals surface area contributed by atoms with Crippen LogP contribution < -0.4 is 10.2 Å². The second-order valence-corrected chi connectivity index (χ2v) is 5.87. The third-order valence-corrected chi connectivity index (χ3v) is 4.00. The van der Waals surface area contributed by atoms with Crippen LogP contribution in [-0.4, -0.2) is 30.6 Å². The van der Waals surface area contributed by atoms with Crippen LogP contribution in [0.25, 0.3) is 11.1 Å². The van der Waals surface area contributed by atoms with Crippen molar-refractivity contribution in [1.82, 2.24) is 15.3 Å². The molecule has 2 aromatic rings. The predicted octanol–water partition coefficient (Wildman–Crippen LogP) is 3.16. The first-order chi connectivity index (χ1) is 10.6. The molecule has 0 spiro atoms. The lowest BCUT2D eigenvalue weighted by atomic mass is 9.95. The van der Waals surface area contributed by atoms with Gasteiger partial charge in [0.25, 0.3) is 0 Å². The van der Waals surface area contributed by atoms with Crippen LogP contribution in [0.1, 0.15) is 31.0 Å². The Morgan fingerprint density at radius 1 is 1.18 bits per heavy atom. The standard InChI is InChI=1S/C17H21FN4/c1-22(2)17-20-11-14(12-6-8-13(18)9-7-12)16(21-17)15-5-3-4-10-19-15/h6-9,11,15,19H,3-5,10H2,1-2H3/t15-/m1/s1. The molecule has 4 nitrogen and oxygen atoms in total. The summed E-state index contributed by atoms with van der Waals surface area (Å²) >= 11 is 0. The van der Waals surface area contributed by atoms with Gasteiger partial charge in [0.2, 0.25) is 5.95 Å². The summed E-state index contributed by atoms with van der Waals surface area (Å²) in [7, 11) is 3.87. The van der Waals surface area contributed by atoms with Gasteiger partial charge in [0, 0.05) is 25.9 Å². The summed E-state index contributed by atoms with van der Waals surface area (Å²) in [5.41, 5.74) is 2.93. The molecule has 1 saturated heterocycles. The molecular formula is C17H21FN4. The van der Waals surface area contributed by atoms with Crippen LogP contribution in [0.15, 0.2) is 30.5 Å². The van der Waals surface area contributed by atoms with E-state index in [2.05, 4.69) is 10.3 Å². The molecule has 0 bridgehead atoms. The number of halogens is 1. The number of piperidine rings is 1. The molecule has 1 N–H and O–H groups in total. The predicted molar refractivity (Wildman–Crippen MR) is 86.3 cm³/mol. The molecule has 0 radical (unpaired) electrons. The van der Waals surface area contributed by atoms with Gasteiger partial charge < -0.3 is 10.2 Å². The Kier molecular flexibility index (Phi) is 4.34. The fraction of sp³-hybridized carbons (Fsp3) is 0.412. The van der Waals surface area contributed by atoms with E-state index in [9.17, 15) is 4.39 Å². The topological polar surface area (TPSA) is 41.1 Å². The van der Waals surface area contributed by atoms with E-state index >= 15 is 0 Å². The normalized spacial score (nSPS) is 18.2. The maximum Gasteiger partial charge on any atom is 0.225 e. The number of hydrogen-bond donors (Lipinski definition) is 1. The zero-order valence-electron chi connectivity index (χ0n) is 13.0. The maximum absolute atomic E-state index is 13.2. The molecule has 1 aliphatic heterocycles. The van der Waals surface area contributed by atoms with Crippen molar-refractivity contribution in [1.29, 1.82) is 0 Å². The molecule has 2 heterocycles. The van der Waals surface area contributed by atoms with E-state index in [1.54, 1.807) is 12.1 Å². The summed E-state index contributed by atoms with van der Waals surface area (Å²) in [6.45, 7) is 1.01. The Labute approximate surface area is 130 Å². The lowest BCUT2D eigenvalue weighted by Gasteiger charge is -2.26. The molecule has 1 aromatic carbocycles. The number of hydrogen-bond acceptors (Lipinski definition) is 4. The van der Waals surface area contributed by atoms with Gasteiger partial charge in [-0.2, -0.15) is 0 Å². The molecule has 0 aliphatic carbocycles. The van der Waals surface area contributed by atoms with E-state index in [-0.39, 0.29) is 11.9 Å². The molecular weight excluding hydrogens is 279 g/mol. The van der Waals surface area contributed by atoms with Crippen molar-refractivity contribution in [3.8, 4) is 11.1 Å². The SMILES string of the molecule is CN(C)c1ncc(-c2ccc(F)cc2)c([C@H]2CCCCN2)n1. The average Bonchev–Trinajstić information content (AvgIpc) is 2.56. The van der Waals surface area contributed by atoms with Crippen LogP contribution in [0.2, 0.25) is 0 Å². The third kappa shape index (κ3) is 3.09. The largest absolute Gasteiger partial charge is 0.347 e. The van der Waals surface area contributed by atoms with Gasteiger partial charge in [0.1, 0.15) is 5.82 Å². The second-order valence-electron chi connectivity index (χ2n) is 5.87. The lowest BCUT2D eigenvalue weighted by molar-refractivity contribution is 0.406. The highest BCUT2D eigenvalue weighted by atomic mass is 19.1. The highest BCUT2D eigenvalue weighted by Crippen LogP contribution is 2.31. The first-order valence-electron chi connectivity index (χ1n) is 7.69. The summed E-state index contributed by atoms with van der Waals surface area (Å²) in [6.07, 6.45) is 5.31. The van der Waals surface area contributed by atoms with Gasteiger partial charge in [0.15, 0.2) is 0 Å². The molecule has 116 valence electrons. The number of benzene rings is 1. The molecule has 1 aliphatic rings. The van der Waals surface area contributed by atoms with Gasteiger partial charge in [-0.25, -0.2) is 14.4 Å². The fourth-order valence-electron chi connectivity index (χ4n) is 2.80. The van der Waals surface area contributed by atoms with E-state index in [1.807, 2.05) is 25.2 Å². The van der Waals surface area contributed by atoms with Gasteiger partial charge in [-0.05, 0) is 37.1 Å². The molecule has 1 aromatic heterocycles. The fourth-order valence-corrected chi connectivity index (χ4v) is 2.80. The minimum absolute atomic E-state index is 0.230. The highest BCUT2D eigenvalue weighted by molar-refractivity contribution is 5.66. The van der Waals surface area contributed by atoms with E-state index in [0.29, 0.717) is 5.95 Å². The Morgan fingerprint density at radius 3 is 2.59 bits per heavy atom. The van der Waals surface area contributed by atoms with Crippen molar-refractivity contribution in [2.75, 3.05) is 25.5 Å². The van der Waals surface area contributed by atoms with Crippen LogP contribution >= 0.6 is 0 Å². The number of rotatable bonds is 3. The number of anilines is 1.